The van der Waals surface area contributed by atoms with Gasteiger partial charge in [-0.2, -0.15) is 0 Å². The smallest absolute Gasteiger partial charge is 0.338 e. The van der Waals surface area contributed by atoms with Crippen molar-refractivity contribution in [3.63, 3.8) is 0 Å². The zero-order valence-electron chi connectivity index (χ0n) is 22.4. The Hall–Kier alpha value is -2.98. The molecule has 1 aliphatic heterocycles. The quantitative estimate of drug-likeness (QED) is 0.196. The highest BCUT2D eigenvalue weighted by atomic mass is 79.9. The van der Waals surface area contributed by atoms with Gasteiger partial charge in [0.2, 0.25) is 0 Å². The van der Waals surface area contributed by atoms with E-state index < -0.39 is 12.0 Å². The molecule has 0 unspecified atom stereocenters. The van der Waals surface area contributed by atoms with E-state index in [1.807, 2.05) is 67.6 Å². The van der Waals surface area contributed by atoms with Gasteiger partial charge in [0.15, 0.2) is 4.80 Å². The van der Waals surface area contributed by atoms with Gasteiger partial charge in [0, 0.05) is 15.1 Å². The minimum Gasteiger partial charge on any atom is -0.487 e. The van der Waals surface area contributed by atoms with E-state index in [4.69, 9.17) is 21.1 Å². The Kier molecular flexibility index (Phi) is 8.99. The minimum atomic E-state index is -0.664. The van der Waals surface area contributed by atoms with Crippen molar-refractivity contribution < 1.29 is 14.3 Å². The van der Waals surface area contributed by atoms with Gasteiger partial charge in [-0.1, -0.05) is 80.8 Å². The summed E-state index contributed by atoms with van der Waals surface area (Å²) in [5, 5.41) is 0.653. The number of carbonyl (C=O) groups excluding carboxylic acids is 1. The number of allylic oxidation sites excluding steroid dienone is 1. The van der Waals surface area contributed by atoms with Crippen LogP contribution in [0.2, 0.25) is 5.02 Å². The topological polar surface area (TPSA) is 69.9 Å². The molecule has 0 N–H and O–H groups in total. The Balaban J connectivity index is 1.64. The standard InChI is InChI=1S/C31H25Br2ClN2O4S/c1-4-39-30(38)26-18(3)35-31-36(27(26)20-9-5-17(2)6-10-20)29(37)25(41-31)14-21-13-22(32)15-24(33)28(21)40-16-19-7-11-23(34)12-8-19/h5-15,27H,4,16H2,1-3H3/b25-14-/t27-/m1/s1. The molecule has 0 fully saturated rings. The maximum absolute atomic E-state index is 14.0. The number of halogens is 3. The molecule has 41 heavy (non-hydrogen) atoms. The number of rotatable bonds is 7. The molecule has 0 saturated heterocycles. The Morgan fingerprint density at radius 3 is 2.49 bits per heavy atom. The summed E-state index contributed by atoms with van der Waals surface area (Å²) in [4.78, 5) is 32.3. The molecule has 0 bridgehead atoms. The molecular formula is C31H25Br2ClN2O4S. The number of benzene rings is 3. The number of aryl methyl sites for hydroxylation is 1. The van der Waals surface area contributed by atoms with E-state index in [0.717, 1.165) is 25.6 Å². The number of thiazole rings is 1. The van der Waals surface area contributed by atoms with Gasteiger partial charge in [0.1, 0.15) is 12.4 Å². The molecule has 4 aromatic rings. The summed E-state index contributed by atoms with van der Waals surface area (Å²) in [7, 11) is 0. The van der Waals surface area contributed by atoms with E-state index in [1.165, 1.54) is 11.3 Å². The van der Waals surface area contributed by atoms with E-state index >= 15 is 0 Å². The van der Waals surface area contributed by atoms with E-state index in [-0.39, 0.29) is 12.2 Å². The second-order valence-electron chi connectivity index (χ2n) is 9.43. The lowest BCUT2D eigenvalue weighted by Gasteiger charge is -2.24. The molecule has 0 aliphatic carbocycles. The van der Waals surface area contributed by atoms with Gasteiger partial charge in [-0.25, -0.2) is 9.79 Å². The predicted octanol–water partition coefficient (Wildman–Crippen LogP) is 6.86. The molecule has 1 atom stereocenters. The van der Waals surface area contributed by atoms with Crippen LogP contribution in [0.4, 0.5) is 0 Å². The van der Waals surface area contributed by atoms with Crippen LogP contribution in [0.15, 0.2) is 90.7 Å². The maximum Gasteiger partial charge on any atom is 0.338 e. The van der Waals surface area contributed by atoms with Crippen LogP contribution in [0.25, 0.3) is 6.08 Å². The Morgan fingerprint density at radius 2 is 1.80 bits per heavy atom. The van der Waals surface area contributed by atoms with E-state index in [1.54, 1.807) is 24.5 Å². The SMILES string of the molecule is CCOC(=O)C1=C(C)N=c2s/c(=C\c3cc(Br)cc(Br)c3OCc3ccc(Cl)cc3)c(=O)n2[C@@H]1c1ccc(C)cc1. The van der Waals surface area contributed by atoms with Crippen LogP contribution in [0.3, 0.4) is 0 Å². The van der Waals surface area contributed by atoms with Crippen molar-refractivity contribution in [2.75, 3.05) is 6.61 Å². The van der Waals surface area contributed by atoms with Gasteiger partial charge in [0.05, 0.1) is 32.9 Å². The van der Waals surface area contributed by atoms with Crippen molar-refractivity contribution in [2.24, 2.45) is 4.99 Å². The molecule has 6 nitrogen and oxygen atoms in total. The molecule has 1 aromatic heterocycles. The number of hydrogen-bond acceptors (Lipinski definition) is 6. The fourth-order valence-corrected chi connectivity index (χ4v) is 7.11. The zero-order valence-corrected chi connectivity index (χ0v) is 27.2. The maximum atomic E-state index is 14.0. The lowest BCUT2D eigenvalue weighted by Crippen LogP contribution is -2.39. The molecule has 5 rings (SSSR count). The molecule has 0 spiro atoms. The summed E-state index contributed by atoms with van der Waals surface area (Å²) in [6.45, 7) is 6.06. The molecule has 210 valence electrons. The summed E-state index contributed by atoms with van der Waals surface area (Å²) < 4.78 is 15.2. The lowest BCUT2D eigenvalue weighted by molar-refractivity contribution is -0.139. The number of fused-ring (bicyclic) bond motifs is 1. The molecule has 2 heterocycles. The fourth-order valence-electron chi connectivity index (χ4n) is 4.57. The Bertz CT molecular complexity index is 1850. The number of carbonyl (C=O) groups is 1. The van der Waals surface area contributed by atoms with Crippen LogP contribution in [0, 0.1) is 6.92 Å². The summed E-state index contributed by atoms with van der Waals surface area (Å²) in [5.74, 6) is 0.106. The highest BCUT2D eigenvalue weighted by Crippen LogP contribution is 2.35. The summed E-state index contributed by atoms with van der Waals surface area (Å²) in [5.41, 5.74) is 4.16. The zero-order chi connectivity index (χ0) is 29.3. The van der Waals surface area contributed by atoms with Crippen LogP contribution < -0.4 is 19.6 Å². The van der Waals surface area contributed by atoms with Crippen LogP contribution >= 0.6 is 54.8 Å². The monoisotopic (exact) mass is 714 g/mol. The number of hydrogen-bond donors (Lipinski definition) is 0. The Labute approximate surface area is 262 Å². The van der Waals surface area contributed by atoms with E-state index in [2.05, 4.69) is 36.9 Å². The largest absolute Gasteiger partial charge is 0.487 e. The van der Waals surface area contributed by atoms with Crippen LogP contribution in [0.5, 0.6) is 5.75 Å². The average Bonchev–Trinajstić information content (AvgIpc) is 3.23. The lowest BCUT2D eigenvalue weighted by atomic mass is 9.95. The first kappa shape index (κ1) is 29.5. The van der Waals surface area contributed by atoms with Gasteiger partial charge < -0.3 is 9.47 Å². The molecule has 1 aliphatic rings. The number of aromatic nitrogens is 1. The van der Waals surface area contributed by atoms with E-state index in [9.17, 15) is 9.59 Å². The summed E-state index contributed by atoms with van der Waals surface area (Å²) >= 11 is 14.5. The first-order valence-electron chi connectivity index (χ1n) is 12.8. The van der Waals surface area contributed by atoms with Crippen molar-refractivity contribution in [1.29, 1.82) is 0 Å². The van der Waals surface area contributed by atoms with Crippen molar-refractivity contribution in [1.82, 2.24) is 4.57 Å². The van der Waals surface area contributed by atoms with Gasteiger partial charge in [0.25, 0.3) is 5.56 Å². The number of esters is 1. The number of ether oxygens (including phenoxy) is 2. The summed E-state index contributed by atoms with van der Waals surface area (Å²) in [6.07, 6.45) is 1.80. The molecule has 0 amide bonds. The molecule has 3 aromatic carbocycles. The third-order valence-electron chi connectivity index (χ3n) is 6.53. The minimum absolute atomic E-state index is 0.219. The second-order valence-corrected chi connectivity index (χ2v) is 12.6. The Morgan fingerprint density at radius 1 is 1.10 bits per heavy atom. The first-order chi connectivity index (χ1) is 19.7. The van der Waals surface area contributed by atoms with Crippen molar-refractivity contribution in [2.45, 2.75) is 33.4 Å². The van der Waals surface area contributed by atoms with Crippen LogP contribution in [-0.4, -0.2) is 17.1 Å². The third-order valence-corrected chi connectivity index (χ3v) is 8.81. The fraction of sp³-hybridized carbons (Fsp3) is 0.194. The van der Waals surface area contributed by atoms with E-state index in [0.29, 0.717) is 43.5 Å². The molecule has 10 heteroatoms. The average molecular weight is 717 g/mol. The van der Waals surface area contributed by atoms with Gasteiger partial charge >= 0.3 is 5.97 Å². The van der Waals surface area contributed by atoms with Crippen LogP contribution in [-0.2, 0) is 16.1 Å². The van der Waals surface area contributed by atoms with Crippen molar-refractivity contribution in [3.8, 4) is 5.75 Å². The second kappa shape index (κ2) is 12.5. The highest BCUT2D eigenvalue weighted by Gasteiger charge is 2.33. The van der Waals surface area contributed by atoms with Gasteiger partial charge in [-0.3, -0.25) is 9.36 Å². The molecule has 0 saturated carbocycles. The normalized spacial score (nSPS) is 15.0. The van der Waals surface area contributed by atoms with Crippen molar-refractivity contribution in [3.05, 3.63) is 128 Å². The predicted molar refractivity (Wildman–Crippen MR) is 169 cm³/mol. The molecular weight excluding hydrogens is 692 g/mol. The number of nitrogens with zero attached hydrogens (tertiary/aromatic N) is 2. The van der Waals surface area contributed by atoms with Crippen molar-refractivity contribution >= 4 is 66.8 Å². The third kappa shape index (κ3) is 6.28. The van der Waals surface area contributed by atoms with Crippen LogP contribution in [0.1, 0.15) is 42.1 Å². The summed E-state index contributed by atoms with van der Waals surface area (Å²) in [6, 6.07) is 18.4. The van der Waals surface area contributed by atoms with Gasteiger partial charge in [-0.15, -0.1) is 0 Å². The molecule has 0 radical (unpaired) electrons. The van der Waals surface area contributed by atoms with Gasteiger partial charge in [-0.05, 0) is 78.2 Å². The highest BCUT2D eigenvalue weighted by molar-refractivity contribution is 9.11. The first-order valence-corrected chi connectivity index (χ1v) is 15.6.